The van der Waals surface area contributed by atoms with Crippen LogP contribution in [0, 0.1) is 0 Å². The molecule has 53 heavy (non-hydrogen) atoms. The largest absolute Gasteiger partial charge is 0.493 e. The molecule has 1 aromatic heterocycles. The summed E-state index contributed by atoms with van der Waals surface area (Å²) in [5, 5.41) is 12.1. The first-order valence-electron chi connectivity index (χ1n) is 17.6. The lowest BCUT2D eigenvalue weighted by molar-refractivity contribution is -0.156. The number of hydrogen-bond acceptors (Lipinski definition) is 10. The number of pyridine rings is 1. The number of piperidine rings is 1. The summed E-state index contributed by atoms with van der Waals surface area (Å²) in [6.45, 7) is 3.49. The van der Waals surface area contributed by atoms with Gasteiger partial charge in [0.1, 0.15) is 6.04 Å². The van der Waals surface area contributed by atoms with Crippen LogP contribution in [0.25, 0.3) is 0 Å². The molecule has 2 unspecified atom stereocenters. The van der Waals surface area contributed by atoms with Crippen LogP contribution in [-0.2, 0) is 25.2 Å². The second-order valence-electron chi connectivity index (χ2n) is 13.8. The topological polar surface area (TPSA) is 143 Å². The monoisotopic (exact) mass is 769 g/mol. The molecule has 4 heterocycles. The second kappa shape index (κ2) is 16.5. The van der Waals surface area contributed by atoms with Crippen LogP contribution in [-0.4, -0.2) is 123 Å². The van der Waals surface area contributed by atoms with Gasteiger partial charge in [-0.25, -0.2) is 5.01 Å². The molecule has 13 nitrogen and oxygen atoms in total. The van der Waals surface area contributed by atoms with Crippen LogP contribution in [0.2, 0.25) is 10.0 Å². The fourth-order valence-electron chi connectivity index (χ4n) is 7.80. The molecule has 0 bridgehead atoms. The van der Waals surface area contributed by atoms with Crippen LogP contribution in [0.3, 0.4) is 0 Å². The van der Waals surface area contributed by atoms with Gasteiger partial charge in [0.2, 0.25) is 11.7 Å². The lowest BCUT2D eigenvalue weighted by Gasteiger charge is -2.43. The minimum Gasteiger partial charge on any atom is -0.493 e. The number of nitrogens with one attached hydrogen (secondary N) is 1. The standard InChI is InChI=1S/C38H45Cl2N5O8/c1-50-30-20-25(21-31(51-2)33(30)52-3)34(46)44-17-10-37(24-44,26-7-8-27(39)28(40)22-26)9-14-43-15-11-38(12-16-43,32-6-4-5-13-41-32)36(49)42-45-18-19-53-23-29(45)35(47)48/h4-8,13,20-22,29H,9-12,14-19,23-24H2,1-3H3,(H,42,49)(H,47,48). The van der Waals surface area contributed by atoms with Crippen molar-refractivity contribution in [2.24, 2.45) is 0 Å². The second-order valence-corrected chi connectivity index (χ2v) is 14.6. The number of amides is 2. The van der Waals surface area contributed by atoms with E-state index < -0.39 is 22.8 Å². The molecule has 2 N–H and O–H groups in total. The minimum absolute atomic E-state index is 0.00787. The number of aromatic nitrogens is 1. The number of morpholine rings is 1. The van der Waals surface area contributed by atoms with Crippen molar-refractivity contribution >= 4 is 41.0 Å². The van der Waals surface area contributed by atoms with Gasteiger partial charge in [0.25, 0.3) is 5.91 Å². The number of carbonyl (C=O) groups is 3. The predicted molar refractivity (Wildman–Crippen MR) is 198 cm³/mol. The Bertz CT molecular complexity index is 1780. The molecule has 15 heteroatoms. The van der Waals surface area contributed by atoms with E-state index in [0.29, 0.717) is 97.1 Å². The predicted octanol–water partition coefficient (Wildman–Crippen LogP) is 4.44. The zero-order valence-corrected chi connectivity index (χ0v) is 31.6. The highest BCUT2D eigenvalue weighted by molar-refractivity contribution is 6.42. The van der Waals surface area contributed by atoms with Crippen LogP contribution in [0.4, 0.5) is 0 Å². The number of benzene rings is 2. The van der Waals surface area contributed by atoms with Crippen LogP contribution >= 0.6 is 23.2 Å². The van der Waals surface area contributed by atoms with Crippen molar-refractivity contribution in [3.63, 3.8) is 0 Å². The first kappa shape index (κ1) is 38.6. The fraction of sp³-hybridized carbons (Fsp3) is 0.474. The van der Waals surface area contributed by atoms with Gasteiger partial charge in [-0.15, -0.1) is 0 Å². The van der Waals surface area contributed by atoms with Crippen molar-refractivity contribution in [2.75, 3.05) is 73.8 Å². The van der Waals surface area contributed by atoms with E-state index in [1.807, 2.05) is 35.2 Å². The average molecular weight is 771 g/mol. The third-order valence-electron chi connectivity index (χ3n) is 10.9. The number of carboxylic acid groups (broad SMARTS) is 1. The Kier molecular flexibility index (Phi) is 12.0. The van der Waals surface area contributed by atoms with E-state index in [0.717, 1.165) is 12.0 Å². The highest BCUT2D eigenvalue weighted by Crippen LogP contribution is 2.43. The van der Waals surface area contributed by atoms with Gasteiger partial charge in [-0.2, -0.15) is 0 Å². The van der Waals surface area contributed by atoms with E-state index in [4.69, 9.17) is 42.1 Å². The van der Waals surface area contributed by atoms with Gasteiger partial charge < -0.3 is 33.9 Å². The number of likely N-dealkylation sites (tertiary alicyclic amines) is 2. The molecular formula is C38H45Cl2N5O8. The Morgan fingerprint density at radius 2 is 1.68 bits per heavy atom. The summed E-state index contributed by atoms with van der Waals surface area (Å²) in [5.41, 5.74) is 3.65. The van der Waals surface area contributed by atoms with Gasteiger partial charge in [0.15, 0.2) is 11.5 Å². The summed E-state index contributed by atoms with van der Waals surface area (Å²) in [6, 6.07) is 13.6. The summed E-state index contributed by atoms with van der Waals surface area (Å²) < 4.78 is 21.9. The Morgan fingerprint density at radius 3 is 2.30 bits per heavy atom. The van der Waals surface area contributed by atoms with Crippen molar-refractivity contribution < 1.29 is 38.4 Å². The van der Waals surface area contributed by atoms with Crippen molar-refractivity contribution in [3.8, 4) is 17.2 Å². The molecule has 3 aliphatic heterocycles. The zero-order valence-electron chi connectivity index (χ0n) is 30.1. The molecule has 3 saturated heterocycles. The maximum Gasteiger partial charge on any atom is 0.325 e. The number of hydrazine groups is 1. The molecule has 2 atom stereocenters. The highest BCUT2D eigenvalue weighted by atomic mass is 35.5. The summed E-state index contributed by atoms with van der Waals surface area (Å²) in [6.07, 6.45) is 4.09. The molecule has 0 spiro atoms. The van der Waals surface area contributed by atoms with E-state index in [1.165, 1.54) is 26.3 Å². The summed E-state index contributed by atoms with van der Waals surface area (Å²) >= 11 is 12.9. The Balaban J connectivity index is 1.20. The van der Waals surface area contributed by atoms with Gasteiger partial charge in [-0.05, 0) is 87.3 Å². The number of ether oxygens (including phenoxy) is 4. The molecule has 0 saturated carbocycles. The first-order chi connectivity index (χ1) is 25.5. The number of carbonyl (C=O) groups excluding carboxylic acids is 2. The minimum atomic E-state index is -1.06. The summed E-state index contributed by atoms with van der Waals surface area (Å²) in [7, 11) is 4.55. The first-order valence-corrected chi connectivity index (χ1v) is 18.4. The molecule has 0 radical (unpaired) electrons. The third kappa shape index (κ3) is 7.90. The molecular weight excluding hydrogens is 725 g/mol. The Labute approximate surface area is 319 Å². The van der Waals surface area contributed by atoms with Crippen LogP contribution in [0.15, 0.2) is 54.7 Å². The van der Waals surface area contributed by atoms with E-state index in [9.17, 15) is 19.5 Å². The average Bonchev–Trinajstić information content (AvgIpc) is 3.63. The normalized spacial score (nSPS) is 21.9. The third-order valence-corrected chi connectivity index (χ3v) is 11.7. The van der Waals surface area contributed by atoms with E-state index in [1.54, 1.807) is 24.4 Å². The zero-order chi connectivity index (χ0) is 37.8. The molecule has 3 fully saturated rings. The van der Waals surface area contributed by atoms with Crippen molar-refractivity contribution in [1.29, 1.82) is 0 Å². The number of carboxylic acids is 1. The van der Waals surface area contributed by atoms with Crippen molar-refractivity contribution in [2.45, 2.75) is 42.6 Å². The molecule has 3 aromatic rings. The lowest BCUT2D eigenvalue weighted by Crippen LogP contribution is -2.62. The number of nitrogens with zero attached hydrogens (tertiary/aromatic N) is 4. The number of rotatable bonds is 12. The molecule has 0 aliphatic carbocycles. The molecule has 2 aromatic carbocycles. The molecule has 3 aliphatic rings. The summed E-state index contributed by atoms with van der Waals surface area (Å²) in [5.74, 6) is -0.267. The maximum absolute atomic E-state index is 14.1. The SMILES string of the molecule is COc1cc(C(=O)N2CCC(CCN3CCC(C(=O)NN4CCOCC4C(=O)O)(c4ccccn4)CC3)(c3ccc(Cl)c(Cl)c3)C2)cc(OC)c1OC. The highest BCUT2D eigenvalue weighted by Gasteiger charge is 2.47. The molecule has 284 valence electrons. The van der Waals surface area contributed by atoms with Gasteiger partial charge in [-0.3, -0.25) is 24.8 Å². The Morgan fingerprint density at radius 1 is 0.943 bits per heavy atom. The van der Waals surface area contributed by atoms with Crippen LogP contribution < -0.4 is 19.6 Å². The number of hydrogen-bond donors (Lipinski definition) is 2. The van der Waals surface area contributed by atoms with Crippen LogP contribution in [0.5, 0.6) is 17.2 Å². The van der Waals surface area contributed by atoms with Gasteiger partial charge in [-0.1, -0.05) is 35.3 Å². The van der Waals surface area contributed by atoms with Gasteiger partial charge in [0.05, 0.1) is 55.7 Å². The summed E-state index contributed by atoms with van der Waals surface area (Å²) in [4.78, 5) is 48.9. The van der Waals surface area contributed by atoms with E-state index >= 15 is 0 Å². The van der Waals surface area contributed by atoms with Gasteiger partial charge in [0, 0.05) is 36.8 Å². The van der Waals surface area contributed by atoms with Crippen molar-refractivity contribution in [1.82, 2.24) is 25.2 Å². The molecule has 2 amide bonds. The maximum atomic E-state index is 14.1. The number of aliphatic carboxylic acids is 1. The van der Waals surface area contributed by atoms with Crippen molar-refractivity contribution in [3.05, 3.63) is 81.6 Å². The van der Waals surface area contributed by atoms with Gasteiger partial charge >= 0.3 is 5.97 Å². The smallest absolute Gasteiger partial charge is 0.325 e. The number of halogens is 2. The molecule has 6 rings (SSSR count). The number of methoxy groups -OCH3 is 3. The van der Waals surface area contributed by atoms with E-state index in [-0.39, 0.29) is 25.0 Å². The quantitative estimate of drug-likeness (QED) is 0.270. The van der Waals surface area contributed by atoms with Crippen LogP contribution in [0.1, 0.15) is 47.3 Å². The fourth-order valence-corrected chi connectivity index (χ4v) is 8.10. The lowest BCUT2D eigenvalue weighted by atomic mass is 9.73. The van der Waals surface area contributed by atoms with E-state index in [2.05, 4.69) is 15.3 Å². The Hall–Kier alpha value is -4.14.